The molecule has 0 aliphatic carbocycles. The summed E-state index contributed by atoms with van der Waals surface area (Å²) < 4.78 is 27.0. The van der Waals surface area contributed by atoms with Crippen LogP contribution in [-0.4, -0.2) is 45.4 Å². The van der Waals surface area contributed by atoms with Gasteiger partial charge in [0.05, 0.1) is 4.90 Å². The van der Waals surface area contributed by atoms with Gasteiger partial charge in [-0.25, -0.2) is 13.1 Å². The summed E-state index contributed by atoms with van der Waals surface area (Å²) >= 11 is 0. The van der Waals surface area contributed by atoms with Crippen molar-refractivity contribution in [1.29, 1.82) is 0 Å². The molecule has 0 atom stereocenters. The monoisotopic (exact) mass is 339 g/mol. The molecule has 0 unspecified atom stereocenters. The first-order valence-corrected chi connectivity index (χ1v) is 9.55. The number of hydrogen-bond donors (Lipinski definition) is 2. The lowest BCUT2D eigenvalue weighted by Crippen LogP contribution is -2.33. The fourth-order valence-corrected chi connectivity index (χ4v) is 3.77. The zero-order valence-electron chi connectivity index (χ0n) is 13.5. The zero-order valence-corrected chi connectivity index (χ0v) is 14.4. The Hall–Kier alpha value is -1.44. The van der Waals surface area contributed by atoms with E-state index in [1.54, 1.807) is 12.1 Å². The van der Waals surface area contributed by atoms with Crippen molar-refractivity contribution in [2.24, 2.45) is 0 Å². The van der Waals surface area contributed by atoms with Gasteiger partial charge in [0.2, 0.25) is 15.9 Å². The molecule has 1 aliphatic heterocycles. The second-order valence-corrected chi connectivity index (χ2v) is 7.63. The molecular formula is C16H25N3O3S. The molecule has 1 amide bonds. The van der Waals surface area contributed by atoms with Gasteiger partial charge < -0.3 is 10.2 Å². The van der Waals surface area contributed by atoms with Gasteiger partial charge in [-0.1, -0.05) is 6.42 Å². The average Bonchev–Trinajstić information content (AvgIpc) is 2.53. The Labute approximate surface area is 138 Å². The largest absolute Gasteiger partial charge is 0.326 e. The van der Waals surface area contributed by atoms with Crippen molar-refractivity contribution in [3.8, 4) is 0 Å². The predicted octanol–water partition coefficient (Wildman–Crippen LogP) is 1.80. The van der Waals surface area contributed by atoms with Crippen LogP contribution in [0.15, 0.2) is 29.2 Å². The van der Waals surface area contributed by atoms with Crippen LogP contribution in [0, 0.1) is 0 Å². The summed E-state index contributed by atoms with van der Waals surface area (Å²) in [6, 6.07) is 6.17. The van der Waals surface area contributed by atoms with Crippen LogP contribution in [0.25, 0.3) is 0 Å². The molecule has 1 aliphatic rings. The third kappa shape index (κ3) is 5.93. The summed E-state index contributed by atoms with van der Waals surface area (Å²) in [5, 5.41) is 2.61. The van der Waals surface area contributed by atoms with Crippen molar-refractivity contribution in [1.82, 2.24) is 9.62 Å². The highest BCUT2D eigenvalue weighted by Crippen LogP contribution is 2.14. The van der Waals surface area contributed by atoms with E-state index in [0.29, 0.717) is 12.2 Å². The number of piperidine rings is 1. The number of rotatable bonds is 7. The summed E-state index contributed by atoms with van der Waals surface area (Å²) in [7, 11) is -3.49. The second-order valence-electron chi connectivity index (χ2n) is 5.86. The predicted molar refractivity (Wildman–Crippen MR) is 90.8 cm³/mol. The Kier molecular flexibility index (Phi) is 6.56. The van der Waals surface area contributed by atoms with E-state index in [4.69, 9.17) is 0 Å². The highest BCUT2D eigenvalue weighted by Gasteiger charge is 2.14. The second kappa shape index (κ2) is 8.42. The van der Waals surface area contributed by atoms with Gasteiger partial charge >= 0.3 is 0 Å². The number of nitrogens with one attached hydrogen (secondary N) is 2. The number of sulfonamides is 1. The van der Waals surface area contributed by atoms with E-state index in [2.05, 4.69) is 14.9 Å². The van der Waals surface area contributed by atoms with E-state index < -0.39 is 10.0 Å². The third-order valence-corrected chi connectivity index (χ3v) is 5.35. The Morgan fingerprint density at radius 2 is 1.78 bits per heavy atom. The summed E-state index contributed by atoms with van der Waals surface area (Å²) in [4.78, 5) is 13.6. The standard InChI is InChI=1S/C16H25N3O3S/c1-14(20)18-15-6-8-16(9-7-15)23(21,22)17-10-5-13-19-11-3-2-4-12-19/h6-9,17H,2-5,10-13H2,1H3,(H,18,20). The number of carbonyl (C=O) groups excluding carboxylic acids is 1. The number of nitrogens with zero attached hydrogens (tertiary/aromatic N) is 1. The number of benzene rings is 1. The Balaban J connectivity index is 1.80. The topological polar surface area (TPSA) is 78.5 Å². The van der Waals surface area contributed by atoms with Gasteiger partial charge in [0.25, 0.3) is 0 Å². The summed E-state index contributed by atoms with van der Waals surface area (Å²) in [5.74, 6) is -0.184. The van der Waals surface area contributed by atoms with Gasteiger partial charge in [-0.2, -0.15) is 0 Å². The third-order valence-electron chi connectivity index (χ3n) is 3.88. The van der Waals surface area contributed by atoms with E-state index >= 15 is 0 Å². The quantitative estimate of drug-likeness (QED) is 0.743. The minimum absolute atomic E-state index is 0.184. The number of amides is 1. The SMILES string of the molecule is CC(=O)Nc1ccc(S(=O)(=O)NCCCN2CCCCC2)cc1. The van der Waals surface area contributed by atoms with Crippen molar-refractivity contribution in [2.75, 3.05) is 31.5 Å². The van der Waals surface area contributed by atoms with E-state index in [1.807, 2.05) is 0 Å². The molecule has 6 nitrogen and oxygen atoms in total. The van der Waals surface area contributed by atoms with E-state index in [-0.39, 0.29) is 10.8 Å². The number of carbonyl (C=O) groups is 1. The molecule has 128 valence electrons. The molecule has 1 aromatic carbocycles. The lowest BCUT2D eigenvalue weighted by Gasteiger charge is -2.26. The molecule has 0 saturated carbocycles. The first-order chi connectivity index (χ1) is 11.0. The maximum atomic E-state index is 12.2. The fraction of sp³-hybridized carbons (Fsp3) is 0.562. The Bertz CT molecular complexity index is 608. The maximum absolute atomic E-state index is 12.2. The number of hydrogen-bond acceptors (Lipinski definition) is 4. The van der Waals surface area contributed by atoms with Gasteiger partial charge in [-0.05, 0) is 63.2 Å². The van der Waals surface area contributed by atoms with Gasteiger partial charge in [0.1, 0.15) is 0 Å². The van der Waals surface area contributed by atoms with Crippen LogP contribution in [0.5, 0.6) is 0 Å². The minimum atomic E-state index is -3.49. The molecule has 1 heterocycles. The molecule has 1 saturated heterocycles. The van der Waals surface area contributed by atoms with Crippen molar-refractivity contribution in [3.05, 3.63) is 24.3 Å². The Morgan fingerprint density at radius 1 is 1.13 bits per heavy atom. The molecule has 2 rings (SSSR count). The lowest BCUT2D eigenvalue weighted by molar-refractivity contribution is -0.114. The van der Waals surface area contributed by atoms with Crippen molar-refractivity contribution in [3.63, 3.8) is 0 Å². The van der Waals surface area contributed by atoms with E-state index in [1.165, 1.54) is 38.3 Å². The molecule has 2 N–H and O–H groups in total. The summed E-state index contributed by atoms with van der Waals surface area (Å²) in [6.07, 6.45) is 4.60. The fourth-order valence-electron chi connectivity index (χ4n) is 2.70. The van der Waals surface area contributed by atoms with Gasteiger partial charge in [0.15, 0.2) is 0 Å². The van der Waals surface area contributed by atoms with Crippen LogP contribution in [0.4, 0.5) is 5.69 Å². The van der Waals surface area contributed by atoms with Crippen LogP contribution in [0.2, 0.25) is 0 Å². The number of likely N-dealkylation sites (tertiary alicyclic amines) is 1. The molecule has 0 bridgehead atoms. The Morgan fingerprint density at radius 3 is 2.39 bits per heavy atom. The molecule has 7 heteroatoms. The highest BCUT2D eigenvalue weighted by atomic mass is 32.2. The summed E-state index contributed by atoms with van der Waals surface area (Å²) in [6.45, 7) is 5.03. The van der Waals surface area contributed by atoms with Crippen molar-refractivity contribution < 1.29 is 13.2 Å². The molecule has 1 aromatic rings. The van der Waals surface area contributed by atoms with E-state index in [0.717, 1.165) is 26.1 Å². The molecule has 0 spiro atoms. The molecule has 0 aromatic heterocycles. The van der Waals surface area contributed by atoms with Gasteiger partial charge in [-0.3, -0.25) is 4.79 Å². The van der Waals surface area contributed by atoms with Gasteiger partial charge in [-0.15, -0.1) is 0 Å². The first kappa shape index (κ1) is 17.9. The molecule has 0 radical (unpaired) electrons. The van der Waals surface area contributed by atoms with Crippen LogP contribution < -0.4 is 10.0 Å². The van der Waals surface area contributed by atoms with Crippen LogP contribution in [0.3, 0.4) is 0 Å². The number of anilines is 1. The average molecular weight is 339 g/mol. The van der Waals surface area contributed by atoms with Crippen LogP contribution >= 0.6 is 0 Å². The molecular weight excluding hydrogens is 314 g/mol. The van der Waals surface area contributed by atoms with Crippen LogP contribution in [0.1, 0.15) is 32.6 Å². The summed E-state index contributed by atoms with van der Waals surface area (Å²) in [5.41, 5.74) is 0.585. The highest BCUT2D eigenvalue weighted by molar-refractivity contribution is 7.89. The van der Waals surface area contributed by atoms with Crippen molar-refractivity contribution >= 4 is 21.6 Å². The minimum Gasteiger partial charge on any atom is -0.326 e. The molecule has 23 heavy (non-hydrogen) atoms. The normalized spacial score (nSPS) is 16.2. The van der Waals surface area contributed by atoms with Crippen LogP contribution in [-0.2, 0) is 14.8 Å². The smallest absolute Gasteiger partial charge is 0.240 e. The van der Waals surface area contributed by atoms with Gasteiger partial charge in [0, 0.05) is 19.2 Å². The van der Waals surface area contributed by atoms with Crippen molar-refractivity contribution in [2.45, 2.75) is 37.5 Å². The first-order valence-electron chi connectivity index (χ1n) is 8.07. The van der Waals surface area contributed by atoms with E-state index in [9.17, 15) is 13.2 Å². The lowest BCUT2D eigenvalue weighted by atomic mass is 10.1. The maximum Gasteiger partial charge on any atom is 0.240 e. The zero-order chi connectivity index (χ0) is 16.7. The molecule has 1 fully saturated rings.